The Hall–Kier alpha value is 0.1000. The molecule has 2 nitrogen and oxygen atoms in total. The van der Waals surface area contributed by atoms with Crippen molar-refractivity contribution in [2.24, 2.45) is 11.7 Å². The molecule has 4 heteroatoms. The molecule has 1 atom stereocenters. The molecule has 0 aromatic carbocycles. The zero-order chi connectivity index (χ0) is 11.5. The summed E-state index contributed by atoms with van der Waals surface area (Å²) < 4.78 is 6.72. The summed E-state index contributed by atoms with van der Waals surface area (Å²) in [6.07, 6.45) is 3.97. The van der Waals surface area contributed by atoms with Crippen LogP contribution in [0.3, 0.4) is 0 Å². The highest BCUT2D eigenvalue weighted by atomic mass is 79.9. The average molecular weight is 304 g/mol. The highest BCUT2D eigenvalue weighted by Gasteiger charge is 2.31. The Labute approximate surface area is 109 Å². The molecule has 1 aliphatic rings. The van der Waals surface area contributed by atoms with Gasteiger partial charge in [-0.1, -0.05) is 0 Å². The van der Waals surface area contributed by atoms with E-state index in [0.717, 1.165) is 18.9 Å². The van der Waals surface area contributed by atoms with Crippen molar-refractivity contribution < 1.29 is 4.74 Å². The average Bonchev–Trinajstić information content (AvgIpc) is 2.61. The van der Waals surface area contributed by atoms with Crippen molar-refractivity contribution in [2.45, 2.75) is 38.3 Å². The Morgan fingerprint density at radius 1 is 1.56 bits per heavy atom. The van der Waals surface area contributed by atoms with Gasteiger partial charge in [0.15, 0.2) is 0 Å². The Morgan fingerprint density at radius 2 is 2.31 bits per heavy atom. The first kappa shape index (κ1) is 12.6. The third-order valence-electron chi connectivity index (χ3n) is 3.14. The Balaban J connectivity index is 1.75. The fourth-order valence-corrected chi connectivity index (χ4v) is 3.68. The summed E-state index contributed by atoms with van der Waals surface area (Å²) in [5.41, 5.74) is 6.19. The molecule has 0 amide bonds. The van der Waals surface area contributed by atoms with Crippen molar-refractivity contribution in [3.63, 3.8) is 0 Å². The Morgan fingerprint density at radius 3 is 2.88 bits per heavy atom. The van der Waals surface area contributed by atoms with Crippen molar-refractivity contribution >= 4 is 27.3 Å². The molecule has 2 N–H and O–H groups in total. The highest BCUT2D eigenvalue weighted by molar-refractivity contribution is 9.11. The molecule has 1 fully saturated rings. The van der Waals surface area contributed by atoms with E-state index < -0.39 is 0 Å². The van der Waals surface area contributed by atoms with Gasteiger partial charge in [0, 0.05) is 17.5 Å². The second kappa shape index (κ2) is 5.63. The maximum atomic E-state index is 6.19. The summed E-state index contributed by atoms with van der Waals surface area (Å²) in [5.74, 6) is 0.757. The van der Waals surface area contributed by atoms with Crippen LogP contribution < -0.4 is 5.73 Å². The summed E-state index contributed by atoms with van der Waals surface area (Å²) in [5, 5.41) is 0. The molecule has 2 rings (SSSR count). The van der Waals surface area contributed by atoms with Gasteiger partial charge in [-0.05, 0) is 60.2 Å². The number of nitrogens with two attached hydrogens (primary N) is 1. The van der Waals surface area contributed by atoms with Gasteiger partial charge >= 0.3 is 0 Å². The summed E-state index contributed by atoms with van der Waals surface area (Å²) in [6.45, 7) is 2.89. The van der Waals surface area contributed by atoms with Gasteiger partial charge in [0.2, 0.25) is 0 Å². The molecule has 0 radical (unpaired) electrons. The Kier molecular flexibility index (Phi) is 4.41. The van der Waals surface area contributed by atoms with Gasteiger partial charge in [0.25, 0.3) is 0 Å². The lowest BCUT2D eigenvalue weighted by molar-refractivity contribution is -0.0281. The van der Waals surface area contributed by atoms with Gasteiger partial charge in [0.1, 0.15) is 0 Å². The predicted octanol–water partition coefficient (Wildman–Crippen LogP) is 3.72. The van der Waals surface area contributed by atoms with E-state index in [1.807, 2.05) is 0 Å². The smallest absolute Gasteiger partial charge is 0.0701 e. The van der Waals surface area contributed by atoms with E-state index in [1.165, 1.54) is 21.5 Å². The van der Waals surface area contributed by atoms with Crippen molar-refractivity contribution in [3.05, 3.63) is 20.8 Å². The maximum absolute atomic E-state index is 6.19. The zero-order valence-corrected chi connectivity index (χ0v) is 11.9. The van der Waals surface area contributed by atoms with E-state index in [2.05, 4.69) is 35.0 Å². The van der Waals surface area contributed by atoms with Crippen LogP contribution in [0.15, 0.2) is 15.9 Å². The largest absolute Gasteiger partial charge is 0.378 e. The highest BCUT2D eigenvalue weighted by Crippen LogP contribution is 2.37. The van der Waals surface area contributed by atoms with Gasteiger partial charge in [0.05, 0.1) is 9.89 Å². The molecule has 1 aromatic rings. The van der Waals surface area contributed by atoms with Gasteiger partial charge in [-0.2, -0.15) is 0 Å². The molecule has 1 aromatic heterocycles. The molecule has 1 heterocycles. The second-order valence-electron chi connectivity index (χ2n) is 4.40. The monoisotopic (exact) mass is 303 g/mol. The fraction of sp³-hybridized carbons (Fsp3) is 0.667. The van der Waals surface area contributed by atoms with Crippen LogP contribution in [-0.2, 0) is 4.74 Å². The van der Waals surface area contributed by atoms with Crippen molar-refractivity contribution in [2.75, 3.05) is 6.61 Å². The molecule has 1 aliphatic carbocycles. The lowest BCUT2D eigenvalue weighted by atomic mass is 9.78. The zero-order valence-electron chi connectivity index (χ0n) is 9.49. The predicted molar refractivity (Wildman–Crippen MR) is 71.7 cm³/mol. The van der Waals surface area contributed by atoms with E-state index in [1.54, 1.807) is 11.3 Å². The number of thiophene rings is 1. The molecular weight excluding hydrogens is 286 g/mol. The van der Waals surface area contributed by atoms with E-state index in [4.69, 9.17) is 10.5 Å². The molecule has 16 heavy (non-hydrogen) atoms. The summed E-state index contributed by atoms with van der Waals surface area (Å²) in [7, 11) is 0. The topological polar surface area (TPSA) is 35.2 Å². The van der Waals surface area contributed by atoms with Gasteiger partial charge < -0.3 is 10.5 Å². The minimum absolute atomic E-state index is 0.198. The molecule has 1 unspecified atom stereocenters. The van der Waals surface area contributed by atoms with E-state index >= 15 is 0 Å². The SMILES string of the molecule is CCOC1CC(CC(N)c2ccc(Br)s2)C1. The quantitative estimate of drug-likeness (QED) is 0.900. The lowest BCUT2D eigenvalue weighted by Gasteiger charge is -2.36. The number of hydrogen-bond acceptors (Lipinski definition) is 3. The van der Waals surface area contributed by atoms with Gasteiger partial charge in [-0.15, -0.1) is 11.3 Å². The van der Waals surface area contributed by atoms with Crippen LogP contribution in [0.1, 0.15) is 37.1 Å². The number of hydrogen-bond donors (Lipinski definition) is 1. The molecule has 0 spiro atoms. The first-order valence-corrected chi connectivity index (χ1v) is 7.42. The van der Waals surface area contributed by atoms with Crippen molar-refractivity contribution in [1.82, 2.24) is 0 Å². The Bertz CT molecular complexity index is 336. The lowest BCUT2D eigenvalue weighted by Crippen LogP contribution is -2.33. The van der Waals surface area contributed by atoms with Crippen LogP contribution in [0.25, 0.3) is 0 Å². The first-order chi connectivity index (χ1) is 7.69. The van der Waals surface area contributed by atoms with Crippen LogP contribution in [0, 0.1) is 5.92 Å². The minimum atomic E-state index is 0.198. The molecule has 0 bridgehead atoms. The summed E-state index contributed by atoms with van der Waals surface area (Å²) in [4.78, 5) is 1.28. The summed E-state index contributed by atoms with van der Waals surface area (Å²) >= 11 is 5.21. The normalized spacial score (nSPS) is 26.4. The van der Waals surface area contributed by atoms with Crippen LogP contribution in [0.4, 0.5) is 0 Å². The van der Waals surface area contributed by atoms with Crippen LogP contribution in [0.5, 0.6) is 0 Å². The van der Waals surface area contributed by atoms with Crippen molar-refractivity contribution in [1.29, 1.82) is 0 Å². The number of rotatable bonds is 5. The van der Waals surface area contributed by atoms with Crippen LogP contribution in [0.2, 0.25) is 0 Å². The second-order valence-corrected chi connectivity index (χ2v) is 6.89. The first-order valence-electron chi connectivity index (χ1n) is 5.81. The number of halogens is 1. The molecule has 1 saturated carbocycles. The molecule has 0 saturated heterocycles. The van der Waals surface area contributed by atoms with Crippen LogP contribution >= 0.6 is 27.3 Å². The van der Waals surface area contributed by atoms with Crippen LogP contribution in [-0.4, -0.2) is 12.7 Å². The van der Waals surface area contributed by atoms with Gasteiger partial charge in [-0.25, -0.2) is 0 Å². The molecule has 0 aliphatic heterocycles. The maximum Gasteiger partial charge on any atom is 0.0701 e. The number of ether oxygens (including phenoxy) is 1. The third kappa shape index (κ3) is 3.06. The summed E-state index contributed by atoms with van der Waals surface area (Å²) in [6, 6.07) is 4.39. The van der Waals surface area contributed by atoms with E-state index in [0.29, 0.717) is 6.10 Å². The minimum Gasteiger partial charge on any atom is -0.378 e. The fourth-order valence-electron chi connectivity index (χ4n) is 2.24. The molecular formula is C12H18BrNOS. The van der Waals surface area contributed by atoms with Gasteiger partial charge in [-0.3, -0.25) is 0 Å². The van der Waals surface area contributed by atoms with E-state index in [-0.39, 0.29) is 6.04 Å². The third-order valence-corrected chi connectivity index (χ3v) is 4.90. The van der Waals surface area contributed by atoms with Crippen molar-refractivity contribution in [3.8, 4) is 0 Å². The van der Waals surface area contributed by atoms with E-state index in [9.17, 15) is 0 Å². The standard InChI is InChI=1S/C12H18BrNOS/c1-2-15-9-5-8(6-9)7-10(14)11-3-4-12(13)16-11/h3-4,8-10H,2,5-7,14H2,1H3. The molecule has 90 valence electrons.